The van der Waals surface area contributed by atoms with E-state index in [0.717, 1.165) is 12.0 Å². The number of carbonyl (C=O) groups is 1. The van der Waals surface area contributed by atoms with Crippen molar-refractivity contribution in [1.29, 1.82) is 0 Å². The average Bonchev–Trinajstić information content (AvgIpc) is 2.53. The first-order valence-electron chi connectivity index (χ1n) is 7.47. The van der Waals surface area contributed by atoms with Crippen LogP contribution < -0.4 is 10.6 Å². The fraction of sp³-hybridized carbons (Fsp3) is 0.294. The Hall–Kier alpha value is -2.14. The van der Waals surface area contributed by atoms with Crippen LogP contribution in [0.25, 0.3) is 0 Å². The van der Waals surface area contributed by atoms with Crippen LogP contribution in [0.1, 0.15) is 42.2 Å². The molecule has 1 amide bonds. The number of hydrogen-bond acceptors (Lipinski definition) is 3. The fourth-order valence-corrected chi connectivity index (χ4v) is 2.44. The van der Waals surface area contributed by atoms with Crippen LogP contribution in [-0.2, 0) is 0 Å². The number of carbonyl (C=O) groups excluding carboxylic acids is 1. The van der Waals surface area contributed by atoms with Crippen LogP contribution in [0.2, 0.25) is 5.02 Å². The van der Waals surface area contributed by atoms with Crippen LogP contribution >= 0.6 is 11.6 Å². The molecule has 0 aliphatic carbocycles. The monoisotopic (exact) mass is 335 g/mol. The number of hydrogen-bond donors (Lipinski definition) is 2. The second-order valence-corrected chi connectivity index (χ2v) is 5.63. The van der Waals surface area contributed by atoms with Gasteiger partial charge in [0.25, 0.3) is 5.91 Å². The molecular weight excluding hydrogens is 317 g/mol. The van der Waals surface area contributed by atoms with E-state index in [1.54, 1.807) is 18.2 Å². The molecule has 1 atom stereocenters. The Bertz CT molecular complexity index is 676. The summed E-state index contributed by atoms with van der Waals surface area (Å²) < 4.78 is 13.1. The van der Waals surface area contributed by atoms with E-state index in [-0.39, 0.29) is 17.8 Å². The van der Waals surface area contributed by atoms with Crippen LogP contribution in [0.5, 0.6) is 0 Å². The number of anilines is 1. The van der Waals surface area contributed by atoms with Gasteiger partial charge in [0.05, 0.1) is 11.6 Å². The lowest BCUT2D eigenvalue weighted by Crippen LogP contribution is -2.24. The highest BCUT2D eigenvalue weighted by molar-refractivity contribution is 6.31. The maximum Gasteiger partial charge on any atom is 0.252 e. The molecule has 2 rings (SSSR count). The van der Waals surface area contributed by atoms with E-state index in [1.807, 2.05) is 13.8 Å². The van der Waals surface area contributed by atoms with Crippen molar-refractivity contribution in [3.05, 3.63) is 58.5 Å². The lowest BCUT2D eigenvalue weighted by atomic mass is 10.1. The molecule has 2 aromatic rings. The van der Waals surface area contributed by atoms with Crippen LogP contribution in [0.3, 0.4) is 0 Å². The molecular formula is C17H19ClFN3O. The van der Waals surface area contributed by atoms with Gasteiger partial charge in [0.2, 0.25) is 0 Å². The normalized spacial score (nSPS) is 11.8. The van der Waals surface area contributed by atoms with Crippen molar-refractivity contribution in [3.8, 4) is 0 Å². The minimum absolute atomic E-state index is 0.138. The van der Waals surface area contributed by atoms with E-state index < -0.39 is 0 Å². The van der Waals surface area contributed by atoms with E-state index in [1.165, 1.54) is 18.3 Å². The molecule has 6 heteroatoms. The first-order chi connectivity index (χ1) is 11.0. The van der Waals surface area contributed by atoms with Gasteiger partial charge < -0.3 is 10.6 Å². The SMILES string of the molecule is CCCNC(=O)c1ccc(NC(C)c2ccc(F)cc2Cl)nc1. The van der Waals surface area contributed by atoms with E-state index in [2.05, 4.69) is 15.6 Å². The molecule has 1 unspecified atom stereocenters. The van der Waals surface area contributed by atoms with Crippen molar-refractivity contribution < 1.29 is 9.18 Å². The van der Waals surface area contributed by atoms with Gasteiger partial charge in [-0.1, -0.05) is 24.6 Å². The molecule has 2 N–H and O–H groups in total. The minimum Gasteiger partial charge on any atom is -0.363 e. The molecule has 23 heavy (non-hydrogen) atoms. The van der Waals surface area contributed by atoms with Gasteiger partial charge in [-0.05, 0) is 43.2 Å². The highest BCUT2D eigenvalue weighted by atomic mass is 35.5. The predicted octanol–water partition coefficient (Wildman–Crippen LogP) is 4.19. The smallest absolute Gasteiger partial charge is 0.252 e. The van der Waals surface area contributed by atoms with Gasteiger partial charge in [-0.25, -0.2) is 9.37 Å². The van der Waals surface area contributed by atoms with Gasteiger partial charge in [0.1, 0.15) is 11.6 Å². The molecule has 4 nitrogen and oxygen atoms in total. The summed E-state index contributed by atoms with van der Waals surface area (Å²) in [6.07, 6.45) is 2.40. The molecule has 1 heterocycles. The highest BCUT2D eigenvalue weighted by Crippen LogP contribution is 2.26. The van der Waals surface area contributed by atoms with Crippen molar-refractivity contribution in [2.45, 2.75) is 26.3 Å². The van der Waals surface area contributed by atoms with Gasteiger partial charge in [0, 0.05) is 17.8 Å². The standard InChI is InChI=1S/C17H19ClFN3O/c1-3-8-20-17(23)12-4-7-16(21-10-12)22-11(2)14-6-5-13(19)9-15(14)18/h4-7,9-11H,3,8H2,1-2H3,(H,20,23)(H,21,22). The molecule has 0 saturated carbocycles. The molecule has 122 valence electrons. The summed E-state index contributed by atoms with van der Waals surface area (Å²) in [6, 6.07) is 7.59. The van der Waals surface area contributed by atoms with Gasteiger partial charge in [0.15, 0.2) is 0 Å². The third-order valence-corrected chi connectivity index (χ3v) is 3.68. The maximum atomic E-state index is 13.1. The van der Waals surface area contributed by atoms with E-state index in [4.69, 9.17) is 11.6 Å². The average molecular weight is 336 g/mol. The number of rotatable bonds is 6. The van der Waals surface area contributed by atoms with E-state index in [9.17, 15) is 9.18 Å². The Balaban J connectivity index is 2.04. The van der Waals surface area contributed by atoms with Crippen LogP contribution in [-0.4, -0.2) is 17.4 Å². The quantitative estimate of drug-likeness (QED) is 0.832. The molecule has 0 aliphatic heterocycles. The molecule has 0 saturated heterocycles. The maximum absolute atomic E-state index is 13.1. The Morgan fingerprint density at radius 1 is 1.35 bits per heavy atom. The third-order valence-electron chi connectivity index (χ3n) is 3.35. The zero-order valence-corrected chi connectivity index (χ0v) is 13.8. The first-order valence-corrected chi connectivity index (χ1v) is 7.84. The van der Waals surface area contributed by atoms with E-state index in [0.29, 0.717) is 22.9 Å². The Labute approximate surface area is 140 Å². The summed E-state index contributed by atoms with van der Waals surface area (Å²) in [7, 11) is 0. The van der Waals surface area contributed by atoms with Crippen molar-refractivity contribution in [2.75, 3.05) is 11.9 Å². The number of halogens is 2. The second kappa shape index (κ2) is 7.92. The zero-order chi connectivity index (χ0) is 16.8. The zero-order valence-electron chi connectivity index (χ0n) is 13.1. The lowest BCUT2D eigenvalue weighted by molar-refractivity contribution is 0.0953. The minimum atomic E-state index is -0.369. The summed E-state index contributed by atoms with van der Waals surface area (Å²) in [5, 5.41) is 6.33. The number of nitrogens with zero attached hydrogens (tertiary/aromatic N) is 1. The van der Waals surface area contributed by atoms with Crippen LogP contribution in [0.4, 0.5) is 10.2 Å². The Morgan fingerprint density at radius 3 is 2.74 bits per heavy atom. The summed E-state index contributed by atoms with van der Waals surface area (Å²) in [6.45, 7) is 4.54. The van der Waals surface area contributed by atoms with Crippen molar-refractivity contribution >= 4 is 23.3 Å². The lowest BCUT2D eigenvalue weighted by Gasteiger charge is -2.16. The molecule has 0 bridgehead atoms. The number of amides is 1. The second-order valence-electron chi connectivity index (χ2n) is 5.22. The molecule has 1 aromatic carbocycles. The topological polar surface area (TPSA) is 54.0 Å². The van der Waals surface area contributed by atoms with Gasteiger partial charge in [-0.3, -0.25) is 4.79 Å². The van der Waals surface area contributed by atoms with Crippen molar-refractivity contribution in [2.24, 2.45) is 0 Å². The largest absolute Gasteiger partial charge is 0.363 e. The van der Waals surface area contributed by atoms with Crippen LogP contribution in [0.15, 0.2) is 36.5 Å². The molecule has 0 radical (unpaired) electrons. The summed E-state index contributed by atoms with van der Waals surface area (Å²) in [4.78, 5) is 16.0. The van der Waals surface area contributed by atoms with Gasteiger partial charge >= 0.3 is 0 Å². The van der Waals surface area contributed by atoms with Gasteiger partial charge in [-0.2, -0.15) is 0 Å². The van der Waals surface area contributed by atoms with Crippen molar-refractivity contribution in [3.63, 3.8) is 0 Å². The summed E-state index contributed by atoms with van der Waals surface area (Å²) in [5.41, 5.74) is 1.29. The molecule has 0 fully saturated rings. The predicted molar refractivity (Wildman–Crippen MR) is 90.3 cm³/mol. The molecule has 0 aliphatic rings. The third kappa shape index (κ3) is 4.66. The first kappa shape index (κ1) is 17.2. The van der Waals surface area contributed by atoms with Crippen LogP contribution in [0, 0.1) is 5.82 Å². The Kier molecular flexibility index (Phi) is 5.93. The molecule has 0 spiro atoms. The number of nitrogens with one attached hydrogen (secondary N) is 2. The number of pyridine rings is 1. The highest BCUT2D eigenvalue weighted by Gasteiger charge is 2.11. The summed E-state index contributed by atoms with van der Waals surface area (Å²) >= 11 is 6.05. The Morgan fingerprint density at radius 2 is 2.13 bits per heavy atom. The molecule has 1 aromatic heterocycles. The van der Waals surface area contributed by atoms with E-state index >= 15 is 0 Å². The van der Waals surface area contributed by atoms with Crippen molar-refractivity contribution in [1.82, 2.24) is 10.3 Å². The number of aromatic nitrogens is 1. The number of benzene rings is 1. The van der Waals surface area contributed by atoms with Gasteiger partial charge in [-0.15, -0.1) is 0 Å². The fourth-order valence-electron chi connectivity index (χ4n) is 2.11. The summed E-state index contributed by atoms with van der Waals surface area (Å²) in [5.74, 6) is 0.108.